The van der Waals surface area contributed by atoms with E-state index >= 15 is 0 Å². The van der Waals surface area contributed by atoms with Gasteiger partial charge in [0.1, 0.15) is 12.1 Å². The normalized spacial score (nSPS) is 9.79. The molecule has 70 valence electrons. The number of hydrogen-bond acceptors (Lipinski definition) is 3. The van der Waals surface area contributed by atoms with E-state index in [1.54, 1.807) is 12.4 Å². The Kier molecular flexibility index (Phi) is 2.74. The quantitative estimate of drug-likeness (QED) is 0.822. The lowest BCUT2D eigenvalue weighted by Crippen LogP contribution is -1.85. The maximum absolute atomic E-state index is 5.50. The maximum atomic E-state index is 5.50. The van der Waals surface area contributed by atoms with Gasteiger partial charge in [-0.05, 0) is 18.2 Å². The number of aromatic nitrogens is 2. The second-order valence-corrected chi connectivity index (χ2v) is 3.55. The molecule has 1 aromatic carbocycles. The molecule has 0 bridgehead atoms. The first kappa shape index (κ1) is 9.15. The smallest absolute Gasteiger partial charge is 0.163 e. The van der Waals surface area contributed by atoms with Crippen LogP contribution < -0.4 is 4.74 Å². The third kappa shape index (κ3) is 2.29. The lowest BCUT2D eigenvalue weighted by Gasteiger charge is -2.03. The van der Waals surface area contributed by atoms with Crippen molar-refractivity contribution in [3.05, 3.63) is 47.5 Å². The monoisotopic (exact) mass is 250 g/mol. The fraction of sp³-hybridized carbons (Fsp3) is 0. The summed E-state index contributed by atoms with van der Waals surface area (Å²) in [4.78, 5) is 7.71. The topological polar surface area (TPSA) is 35.0 Å². The number of nitrogens with zero attached hydrogens (tertiary/aromatic N) is 2. The molecule has 0 amide bonds. The van der Waals surface area contributed by atoms with E-state index in [4.69, 9.17) is 4.74 Å². The Balaban J connectivity index is 2.19. The molecule has 0 fully saturated rings. The van der Waals surface area contributed by atoms with Crippen LogP contribution in [-0.4, -0.2) is 9.97 Å². The summed E-state index contributed by atoms with van der Waals surface area (Å²) in [5.74, 6) is 1.39. The molecule has 1 heterocycles. The minimum Gasteiger partial charge on any atom is -0.454 e. The maximum Gasteiger partial charge on any atom is 0.163 e. The summed E-state index contributed by atoms with van der Waals surface area (Å²) in [7, 11) is 0. The Hall–Kier alpha value is -1.42. The first-order valence-electron chi connectivity index (χ1n) is 4.03. The van der Waals surface area contributed by atoms with Crippen LogP contribution in [0, 0.1) is 0 Å². The lowest BCUT2D eigenvalue weighted by molar-refractivity contribution is 0.477. The van der Waals surface area contributed by atoms with Crippen LogP contribution >= 0.6 is 15.9 Å². The molecule has 0 spiro atoms. The van der Waals surface area contributed by atoms with E-state index in [-0.39, 0.29) is 0 Å². The van der Waals surface area contributed by atoms with Crippen LogP contribution in [0.15, 0.2) is 47.5 Å². The van der Waals surface area contributed by atoms with Gasteiger partial charge in [0.15, 0.2) is 5.75 Å². The molecule has 2 aromatic rings. The molecule has 0 aliphatic rings. The van der Waals surface area contributed by atoms with Crippen molar-refractivity contribution in [3.8, 4) is 11.5 Å². The van der Waals surface area contributed by atoms with Crippen LogP contribution in [0.1, 0.15) is 0 Å². The lowest BCUT2D eigenvalue weighted by atomic mass is 10.3. The highest BCUT2D eigenvalue weighted by atomic mass is 79.9. The van der Waals surface area contributed by atoms with Gasteiger partial charge in [0.2, 0.25) is 0 Å². The zero-order valence-corrected chi connectivity index (χ0v) is 8.81. The van der Waals surface area contributed by atoms with Crippen molar-refractivity contribution in [2.75, 3.05) is 0 Å². The fourth-order valence-electron chi connectivity index (χ4n) is 1.00. The van der Waals surface area contributed by atoms with Crippen LogP contribution in [0.2, 0.25) is 0 Å². The number of ether oxygens (including phenoxy) is 1. The molecule has 14 heavy (non-hydrogen) atoms. The van der Waals surface area contributed by atoms with E-state index < -0.39 is 0 Å². The van der Waals surface area contributed by atoms with E-state index in [1.807, 2.05) is 24.3 Å². The molecule has 4 heteroatoms. The van der Waals surface area contributed by atoms with E-state index in [0.717, 1.165) is 10.2 Å². The van der Waals surface area contributed by atoms with Crippen LogP contribution in [0.5, 0.6) is 11.5 Å². The average molecular weight is 251 g/mol. The Labute approximate surface area is 89.9 Å². The van der Waals surface area contributed by atoms with Crippen molar-refractivity contribution >= 4 is 15.9 Å². The summed E-state index contributed by atoms with van der Waals surface area (Å²) in [6.07, 6.45) is 4.70. The highest BCUT2D eigenvalue weighted by molar-refractivity contribution is 9.10. The number of benzene rings is 1. The largest absolute Gasteiger partial charge is 0.454 e. The highest BCUT2D eigenvalue weighted by Gasteiger charge is 1.96. The molecule has 0 radical (unpaired) electrons. The van der Waals surface area contributed by atoms with Crippen molar-refractivity contribution in [1.29, 1.82) is 0 Å². The molecular weight excluding hydrogens is 244 g/mol. The van der Waals surface area contributed by atoms with Crippen LogP contribution in [0.3, 0.4) is 0 Å². The molecule has 0 N–H and O–H groups in total. The third-order valence-corrected chi connectivity index (χ3v) is 2.06. The van der Waals surface area contributed by atoms with Gasteiger partial charge in [-0.3, -0.25) is 0 Å². The Morgan fingerprint density at radius 2 is 1.86 bits per heavy atom. The molecule has 1 aromatic heterocycles. The summed E-state index contributed by atoms with van der Waals surface area (Å²) in [5, 5.41) is 0. The van der Waals surface area contributed by atoms with E-state index in [1.165, 1.54) is 6.33 Å². The minimum absolute atomic E-state index is 0.630. The Morgan fingerprint density at radius 1 is 1.07 bits per heavy atom. The summed E-state index contributed by atoms with van der Waals surface area (Å²) in [6.45, 7) is 0. The zero-order chi connectivity index (χ0) is 9.80. The van der Waals surface area contributed by atoms with Gasteiger partial charge in [-0.15, -0.1) is 0 Å². The van der Waals surface area contributed by atoms with Gasteiger partial charge >= 0.3 is 0 Å². The van der Waals surface area contributed by atoms with Gasteiger partial charge in [0.05, 0.1) is 12.4 Å². The van der Waals surface area contributed by atoms with Gasteiger partial charge < -0.3 is 4.74 Å². The summed E-state index contributed by atoms with van der Waals surface area (Å²) in [5.41, 5.74) is 0. The molecule has 0 saturated heterocycles. The van der Waals surface area contributed by atoms with Gasteiger partial charge in [0.25, 0.3) is 0 Å². The van der Waals surface area contributed by atoms with Crippen molar-refractivity contribution in [3.63, 3.8) is 0 Å². The van der Waals surface area contributed by atoms with Crippen molar-refractivity contribution in [2.45, 2.75) is 0 Å². The van der Waals surface area contributed by atoms with E-state index in [2.05, 4.69) is 25.9 Å². The van der Waals surface area contributed by atoms with Crippen LogP contribution in [0.4, 0.5) is 0 Å². The molecule has 2 rings (SSSR count). The van der Waals surface area contributed by atoms with Crippen molar-refractivity contribution in [1.82, 2.24) is 9.97 Å². The second kappa shape index (κ2) is 4.19. The summed E-state index contributed by atoms with van der Waals surface area (Å²) < 4.78 is 6.48. The molecular formula is C10H7BrN2O. The molecule has 0 unspecified atom stereocenters. The predicted molar refractivity (Wildman–Crippen MR) is 56.2 cm³/mol. The fourth-order valence-corrected chi connectivity index (χ4v) is 1.38. The number of halogens is 1. The summed E-state index contributed by atoms with van der Waals surface area (Å²) in [6, 6.07) is 7.60. The number of hydrogen-bond donors (Lipinski definition) is 0. The highest BCUT2D eigenvalue weighted by Crippen LogP contribution is 2.22. The summed E-state index contributed by atoms with van der Waals surface area (Å²) >= 11 is 3.36. The number of rotatable bonds is 2. The molecule has 0 aliphatic carbocycles. The van der Waals surface area contributed by atoms with Crippen molar-refractivity contribution in [2.24, 2.45) is 0 Å². The molecule has 0 atom stereocenters. The first-order valence-corrected chi connectivity index (χ1v) is 4.82. The average Bonchev–Trinajstić information content (AvgIpc) is 2.19. The van der Waals surface area contributed by atoms with Gasteiger partial charge in [-0.1, -0.05) is 22.0 Å². The third-order valence-electron chi connectivity index (χ3n) is 1.57. The molecule has 3 nitrogen and oxygen atoms in total. The zero-order valence-electron chi connectivity index (χ0n) is 7.22. The predicted octanol–water partition coefficient (Wildman–Crippen LogP) is 3.03. The SMILES string of the molecule is Brc1cccc(Oc2cncnc2)c1. The first-order chi connectivity index (χ1) is 6.84. The van der Waals surface area contributed by atoms with E-state index in [0.29, 0.717) is 5.75 Å². The van der Waals surface area contributed by atoms with Crippen LogP contribution in [-0.2, 0) is 0 Å². The van der Waals surface area contributed by atoms with Crippen LogP contribution in [0.25, 0.3) is 0 Å². The van der Waals surface area contributed by atoms with Crippen molar-refractivity contribution < 1.29 is 4.74 Å². The Morgan fingerprint density at radius 3 is 2.57 bits per heavy atom. The van der Waals surface area contributed by atoms with Gasteiger partial charge in [0, 0.05) is 4.47 Å². The molecule has 0 saturated carbocycles. The van der Waals surface area contributed by atoms with E-state index in [9.17, 15) is 0 Å². The molecule has 0 aliphatic heterocycles. The van der Waals surface area contributed by atoms with Gasteiger partial charge in [-0.25, -0.2) is 9.97 Å². The van der Waals surface area contributed by atoms with Gasteiger partial charge in [-0.2, -0.15) is 0 Å². The second-order valence-electron chi connectivity index (χ2n) is 2.63. The standard InChI is InChI=1S/C10H7BrN2O/c11-8-2-1-3-9(4-8)14-10-5-12-7-13-6-10/h1-7H. The Bertz CT molecular complexity index is 419. The minimum atomic E-state index is 0.630.